The third-order valence-corrected chi connectivity index (χ3v) is 11.1. The lowest BCUT2D eigenvalue weighted by molar-refractivity contribution is 0.669. The summed E-state index contributed by atoms with van der Waals surface area (Å²) in [7, 11) is 0. The topological polar surface area (TPSA) is 59.9 Å². The van der Waals surface area contributed by atoms with Crippen molar-refractivity contribution in [2.75, 3.05) is 0 Å². The second-order valence-electron chi connectivity index (χ2n) is 14.1. The van der Waals surface area contributed by atoms with Gasteiger partial charge < -0.3 is 18.0 Å². The molecule has 8 aromatic carbocycles. The molecule has 0 N–H and O–H groups in total. The molecule has 0 saturated heterocycles. The zero-order valence-corrected chi connectivity index (χ0v) is 28.7. The third kappa shape index (κ3) is 4.02. The van der Waals surface area contributed by atoms with Crippen LogP contribution in [0.5, 0.6) is 0 Å². The van der Waals surface area contributed by atoms with Crippen molar-refractivity contribution in [1.29, 1.82) is 5.26 Å². The van der Waals surface area contributed by atoms with Crippen molar-refractivity contribution in [3.8, 4) is 28.6 Å². The molecular formula is C49H27N3O2. The molecule has 5 nitrogen and oxygen atoms in total. The largest absolute Gasteiger partial charge is 0.456 e. The van der Waals surface area contributed by atoms with Gasteiger partial charge in [-0.25, -0.2) is 0 Å². The molecule has 5 heteroatoms. The molecule has 54 heavy (non-hydrogen) atoms. The molecule has 4 heterocycles. The minimum atomic E-state index is 0.597. The Morgan fingerprint density at radius 1 is 0.352 bits per heavy atom. The third-order valence-electron chi connectivity index (χ3n) is 11.1. The number of benzene rings is 8. The molecule has 0 aliphatic heterocycles. The van der Waals surface area contributed by atoms with E-state index < -0.39 is 0 Å². The summed E-state index contributed by atoms with van der Waals surface area (Å²) in [6, 6.07) is 59.5. The first kappa shape index (κ1) is 29.1. The maximum absolute atomic E-state index is 10.3. The fourth-order valence-corrected chi connectivity index (χ4v) is 8.71. The highest BCUT2D eigenvalue weighted by Crippen LogP contribution is 2.41. The number of fused-ring (bicyclic) bond motifs is 12. The van der Waals surface area contributed by atoms with Crippen LogP contribution in [0.3, 0.4) is 0 Å². The van der Waals surface area contributed by atoms with Crippen molar-refractivity contribution >= 4 is 87.5 Å². The SMILES string of the molecule is N#Cc1cc(-c2ccc(-n3c4ccccc4c4cc5c(cc43)oc3ccccc35)cc2)cc(-n2c3ccccc3c3cc4c(cc32)oc2ccccc24)c1. The molecule has 12 aromatic rings. The molecule has 0 fully saturated rings. The maximum Gasteiger partial charge on any atom is 0.137 e. The number of hydrogen-bond donors (Lipinski definition) is 0. The number of para-hydroxylation sites is 4. The Morgan fingerprint density at radius 3 is 1.41 bits per heavy atom. The zero-order valence-electron chi connectivity index (χ0n) is 28.7. The minimum Gasteiger partial charge on any atom is -0.456 e. The van der Waals surface area contributed by atoms with Gasteiger partial charge in [0.05, 0.1) is 33.7 Å². The highest BCUT2D eigenvalue weighted by atomic mass is 16.3. The molecule has 4 aromatic heterocycles. The highest BCUT2D eigenvalue weighted by molar-refractivity contribution is 6.18. The molecule has 12 rings (SSSR count). The van der Waals surface area contributed by atoms with E-state index >= 15 is 0 Å². The quantitative estimate of drug-likeness (QED) is 0.185. The van der Waals surface area contributed by atoms with Gasteiger partial charge >= 0.3 is 0 Å². The van der Waals surface area contributed by atoms with Crippen molar-refractivity contribution < 1.29 is 8.83 Å². The molecule has 0 radical (unpaired) electrons. The van der Waals surface area contributed by atoms with Crippen LogP contribution in [0, 0.1) is 11.3 Å². The molecule has 0 amide bonds. The first-order valence-electron chi connectivity index (χ1n) is 18.1. The van der Waals surface area contributed by atoms with E-state index in [1.54, 1.807) is 0 Å². The molecule has 250 valence electrons. The van der Waals surface area contributed by atoms with E-state index in [1.165, 1.54) is 10.8 Å². The fraction of sp³-hybridized carbons (Fsp3) is 0. The molecule has 0 spiro atoms. The van der Waals surface area contributed by atoms with Gasteiger partial charge in [0.2, 0.25) is 0 Å². The van der Waals surface area contributed by atoms with E-state index in [-0.39, 0.29) is 0 Å². The van der Waals surface area contributed by atoms with E-state index in [1.807, 2.05) is 36.4 Å². The first-order chi connectivity index (χ1) is 26.7. The normalized spacial score (nSPS) is 12.1. The van der Waals surface area contributed by atoms with Gasteiger partial charge in [0.1, 0.15) is 22.3 Å². The number of hydrogen-bond acceptors (Lipinski definition) is 3. The van der Waals surface area contributed by atoms with Gasteiger partial charge in [-0.05, 0) is 77.9 Å². The second kappa shape index (κ2) is 10.7. The predicted molar refractivity (Wildman–Crippen MR) is 220 cm³/mol. The number of furan rings is 2. The van der Waals surface area contributed by atoms with Gasteiger partial charge in [0.15, 0.2) is 0 Å². The van der Waals surface area contributed by atoms with E-state index in [9.17, 15) is 5.26 Å². The summed E-state index contributed by atoms with van der Waals surface area (Å²) in [5.41, 5.74) is 12.4. The predicted octanol–water partition coefficient (Wildman–Crippen LogP) is 13.2. The van der Waals surface area contributed by atoms with Crippen molar-refractivity contribution in [1.82, 2.24) is 9.13 Å². The van der Waals surface area contributed by atoms with Gasteiger partial charge in [-0.3, -0.25) is 0 Å². The average molecular weight is 690 g/mol. The summed E-state index contributed by atoms with van der Waals surface area (Å²) >= 11 is 0. The van der Waals surface area contributed by atoms with Gasteiger partial charge in [0, 0.05) is 66.6 Å². The van der Waals surface area contributed by atoms with Crippen LogP contribution in [-0.4, -0.2) is 9.13 Å². The minimum absolute atomic E-state index is 0.597. The monoisotopic (exact) mass is 689 g/mol. The van der Waals surface area contributed by atoms with Gasteiger partial charge in [-0.1, -0.05) is 84.9 Å². The van der Waals surface area contributed by atoms with Gasteiger partial charge in [-0.2, -0.15) is 5.26 Å². The van der Waals surface area contributed by atoms with Crippen molar-refractivity contribution in [3.63, 3.8) is 0 Å². The maximum atomic E-state index is 10.3. The number of rotatable bonds is 3. The Balaban J connectivity index is 1.03. The van der Waals surface area contributed by atoms with Crippen molar-refractivity contribution in [2.45, 2.75) is 0 Å². The number of aromatic nitrogens is 2. The van der Waals surface area contributed by atoms with Crippen LogP contribution < -0.4 is 0 Å². The molecular weight excluding hydrogens is 663 g/mol. The van der Waals surface area contributed by atoms with Crippen LogP contribution in [0.2, 0.25) is 0 Å². The zero-order chi connectivity index (χ0) is 35.5. The summed E-state index contributed by atoms with van der Waals surface area (Å²) in [5, 5.41) is 19.4. The van der Waals surface area contributed by atoms with Gasteiger partial charge in [-0.15, -0.1) is 0 Å². The molecule has 0 atom stereocenters. The smallest absolute Gasteiger partial charge is 0.137 e. The first-order valence-corrected chi connectivity index (χ1v) is 18.1. The van der Waals surface area contributed by atoms with Crippen LogP contribution in [0.25, 0.3) is 110 Å². The average Bonchev–Trinajstić information content (AvgIpc) is 3.96. The molecule has 0 unspecified atom stereocenters. The Bertz CT molecular complexity index is 3570. The Hall–Kier alpha value is -7.55. The van der Waals surface area contributed by atoms with Crippen LogP contribution >= 0.6 is 0 Å². The summed E-state index contributed by atoms with van der Waals surface area (Å²) in [6.07, 6.45) is 0. The Labute approximate surface area is 307 Å². The van der Waals surface area contributed by atoms with E-state index in [0.717, 1.165) is 99.2 Å². The Morgan fingerprint density at radius 2 is 0.852 bits per heavy atom. The van der Waals surface area contributed by atoms with Crippen LogP contribution in [0.1, 0.15) is 5.56 Å². The fourth-order valence-electron chi connectivity index (χ4n) is 8.71. The lowest BCUT2D eigenvalue weighted by Gasteiger charge is -2.13. The van der Waals surface area contributed by atoms with Crippen molar-refractivity contribution in [2.24, 2.45) is 0 Å². The highest BCUT2D eigenvalue weighted by Gasteiger charge is 2.19. The standard InChI is InChI=1S/C49H27N3O2/c50-28-29-21-31(23-33(22-29)52-43-14-6-2-10-35(43)39-25-41-37-12-4-8-16-47(37)54-49(41)27-45(39)52)30-17-19-32(20-18-30)51-42-13-5-1-9-34(42)38-24-40-36-11-3-7-15-46(36)53-48(40)26-44(38)51/h1-27H. The van der Waals surface area contributed by atoms with E-state index in [0.29, 0.717) is 5.56 Å². The summed E-state index contributed by atoms with van der Waals surface area (Å²) < 4.78 is 17.2. The van der Waals surface area contributed by atoms with Crippen LogP contribution in [0.4, 0.5) is 0 Å². The summed E-state index contributed by atoms with van der Waals surface area (Å²) in [4.78, 5) is 0. The lowest BCUT2D eigenvalue weighted by atomic mass is 10.0. The van der Waals surface area contributed by atoms with Crippen LogP contribution in [0.15, 0.2) is 173 Å². The molecule has 0 saturated carbocycles. The second-order valence-corrected chi connectivity index (χ2v) is 14.1. The van der Waals surface area contributed by atoms with Crippen molar-refractivity contribution in [3.05, 3.63) is 169 Å². The molecule has 0 aliphatic carbocycles. The lowest BCUT2D eigenvalue weighted by Crippen LogP contribution is -1.96. The van der Waals surface area contributed by atoms with Crippen LogP contribution in [-0.2, 0) is 0 Å². The van der Waals surface area contributed by atoms with E-state index in [4.69, 9.17) is 8.83 Å². The number of nitriles is 1. The Kier molecular flexibility index (Phi) is 5.78. The van der Waals surface area contributed by atoms with E-state index in [2.05, 4.69) is 143 Å². The summed E-state index contributed by atoms with van der Waals surface area (Å²) in [5.74, 6) is 0. The molecule has 0 aliphatic rings. The number of nitrogens with zero attached hydrogens (tertiary/aromatic N) is 3. The summed E-state index contributed by atoms with van der Waals surface area (Å²) in [6.45, 7) is 0. The molecule has 0 bridgehead atoms. The van der Waals surface area contributed by atoms with Gasteiger partial charge in [0.25, 0.3) is 0 Å².